The Morgan fingerprint density at radius 1 is 1.40 bits per heavy atom. The fourth-order valence-electron chi connectivity index (χ4n) is 1.67. The zero-order valence-corrected chi connectivity index (χ0v) is 11.5. The van der Waals surface area contributed by atoms with Crippen molar-refractivity contribution in [2.45, 2.75) is 26.4 Å². The zero-order chi connectivity index (χ0) is 14.4. The Labute approximate surface area is 116 Å². The van der Waals surface area contributed by atoms with E-state index in [1.807, 2.05) is 6.92 Å². The lowest BCUT2D eigenvalue weighted by atomic mass is 10.2. The summed E-state index contributed by atoms with van der Waals surface area (Å²) in [7, 11) is 1.55. The van der Waals surface area contributed by atoms with E-state index in [0.29, 0.717) is 28.8 Å². The monoisotopic (exact) mass is 276 g/mol. The molecule has 2 aromatic rings. The van der Waals surface area contributed by atoms with Crippen LogP contribution in [0.1, 0.15) is 35.4 Å². The Kier molecular flexibility index (Phi) is 4.70. The van der Waals surface area contributed by atoms with Crippen molar-refractivity contribution in [3.05, 3.63) is 35.5 Å². The van der Waals surface area contributed by atoms with Gasteiger partial charge in [0.1, 0.15) is 11.5 Å². The van der Waals surface area contributed by atoms with Crippen molar-refractivity contribution >= 4 is 6.29 Å². The number of nitrogens with zero attached hydrogens (tertiary/aromatic N) is 2. The summed E-state index contributed by atoms with van der Waals surface area (Å²) in [6, 6.07) is 4.99. The van der Waals surface area contributed by atoms with E-state index in [2.05, 4.69) is 10.1 Å². The molecule has 0 saturated carbocycles. The number of hydrogen-bond acceptors (Lipinski definition) is 6. The van der Waals surface area contributed by atoms with Gasteiger partial charge >= 0.3 is 0 Å². The van der Waals surface area contributed by atoms with Crippen LogP contribution in [-0.2, 0) is 13.0 Å². The van der Waals surface area contributed by atoms with Crippen molar-refractivity contribution in [3.8, 4) is 11.5 Å². The summed E-state index contributed by atoms with van der Waals surface area (Å²) in [5.41, 5.74) is 0.447. The average molecular weight is 276 g/mol. The molecule has 1 aromatic heterocycles. The van der Waals surface area contributed by atoms with Crippen LogP contribution in [0.2, 0.25) is 0 Å². The first-order valence-corrected chi connectivity index (χ1v) is 6.34. The van der Waals surface area contributed by atoms with E-state index in [1.165, 1.54) is 0 Å². The second-order valence-electron chi connectivity index (χ2n) is 4.16. The summed E-state index contributed by atoms with van der Waals surface area (Å²) >= 11 is 0. The minimum atomic E-state index is 0.140. The van der Waals surface area contributed by atoms with Gasteiger partial charge in [-0.2, -0.15) is 4.98 Å². The fourth-order valence-corrected chi connectivity index (χ4v) is 1.67. The SMILES string of the molecule is CCCc1nc(COc2cc(OC)ccc2C=O)no1. The molecule has 0 aliphatic rings. The highest BCUT2D eigenvalue weighted by atomic mass is 16.5. The lowest BCUT2D eigenvalue weighted by molar-refractivity contribution is 0.111. The van der Waals surface area contributed by atoms with Gasteiger partial charge in [0.2, 0.25) is 11.7 Å². The van der Waals surface area contributed by atoms with Crippen LogP contribution < -0.4 is 9.47 Å². The van der Waals surface area contributed by atoms with Gasteiger partial charge in [-0.15, -0.1) is 0 Å². The van der Waals surface area contributed by atoms with Crippen molar-refractivity contribution in [2.75, 3.05) is 7.11 Å². The second-order valence-corrected chi connectivity index (χ2v) is 4.16. The van der Waals surface area contributed by atoms with E-state index in [9.17, 15) is 4.79 Å². The van der Waals surface area contributed by atoms with Gasteiger partial charge in [-0.1, -0.05) is 12.1 Å². The van der Waals surface area contributed by atoms with Crippen molar-refractivity contribution < 1.29 is 18.8 Å². The number of carbonyl (C=O) groups is 1. The molecule has 6 nitrogen and oxygen atoms in total. The normalized spacial score (nSPS) is 10.3. The minimum Gasteiger partial charge on any atom is -0.497 e. The second kappa shape index (κ2) is 6.70. The number of carbonyl (C=O) groups excluding carboxylic acids is 1. The van der Waals surface area contributed by atoms with E-state index in [1.54, 1.807) is 25.3 Å². The number of ether oxygens (including phenoxy) is 2. The number of methoxy groups -OCH3 is 1. The van der Waals surface area contributed by atoms with Gasteiger partial charge in [-0.3, -0.25) is 4.79 Å². The van der Waals surface area contributed by atoms with E-state index in [-0.39, 0.29) is 6.61 Å². The smallest absolute Gasteiger partial charge is 0.226 e. The molecule has 0 aliphatic carbocycles. The third-order valence-corrected chi connectivity index (χ3v) is 2.68. The van der Waals surface area contributed by atoms with Crippen LogP contribution in [0, 0.1) is 0 Å². The molecule has 2 rings (SSSR count). The number of aldehydes is 1. The van der Waals surface area contributed by atoms with Gasteiger partial charge < -0.3 is 14.0 Å². The maximum absolute atomic E-state index is 11.0. The molecule has 0 radical (unpaired) electrons. The summed E-state index contributed by atoms with van der Waals surface area (Å²) in [6.45, 7) is 2.17. The maximum atomic E-state index is 11.0. The predicted octanol–water partition coefficient (Wildman–Crippen LogP) is 2.42. The van der Waals surface area contributed by atoms with Crippen molar-refractivity contribution in [3.63, 3.8) is 0 Å². The molecular weight excluding hydrogens is 260 g/mol. The Bertz CT molecular complexity index is 580. The van der Waals surface area contributed by atoms with Crippen molar-refractivity contribution in [1.82, 2.24) is 10.1 Å². The molecule has 20 heavy (non-hydrogen) atoms. The molecule has 0 fully saturated rings. The number of aromatic nitrogens is 2. The molecule has 0 N–H and O–H groups in total. The number of aryl methyl sites for hydroxylation is 1. The van der Waals surface area contributed by atoms with Crippen LogP contribution in [0.3, 0.4) is 0 Å². The first kappa shape index (κ1) is 14.0. The van der Waals surface area contributed by atoms with E-state index < -0.39 is 0 Å². The number of benzene rings is 1. The Balaban J connectivity index is 2.06. The Morgan fingerprint density at radius 2 is 2.25 bits per heavy atom. The number of rotatable bonds is 7. The van der Waals surface area contributed by atoms with Crippen LogP contribution >= 0.6 is 0 Å². The molecule has 0 amide bonds. The van der Waals surface area contributed by atoms with Gasteiger partial charge in [0.25, 0.3) is 0 Å². The molecule has 6 heteroatoms. The summed E-state index contributed by atoms with van der Waals surface area (Å²) in [6.07, 6.45) is 2.41. The van der Waals surface area contributed by atoms with Crippen LogP contribution in [0.15, 0.2) is 22.7 Å². The highest BCUT2D eigenvalue weighted by Crippen LogP contribution is 2.24. The Hall–Kier alpha value is -2.37. The molecular formula is C14H16N2O4. The van der Waals surface area contributed by atoms with E-state index in [4.69, 9.17) is 14.0 Å². The number of hydrogen-bond donors (Lipinski definition) is 0. The summed E-state index contributed by atoms with van der Waals surface area (Å²) in [5.74, 6) is 2.09. The minimum absolute atomic E-state index is 0.140. The lowest BCUT2D eigenvalue weighted by Crippen LogP contribution is -2.00. The maximum Gasteiger partial charge on any atom is 0.226 e. The first-order valence-electron chi connectivity index (χ1n) is 6.34. The predicted molar refractivity (Wildman–Crippen MR) is 71.0 cm³/mol. The fraction of sp³-hybridized carbons (Fsp3) is 0.357. The topological polar surface area (TPSA) is 74.5 Å². The van der Waals surface area contributed by atoms with Crippen LogP contribution in [-0.4, -0.2) is 23.5 Å². The molecule has 0 saturated heterocycles. The highest BCUT2D eigenvalue weighted by Gasteiger charge is 2.09. The van der Waals surface area contributed by atoms with E-state index >= 15 is 0 Å². The Morgan fingerprint density at radius 3 is 2.95 bits per heavy atom. The van der Waals surface area contributed by atoms with Gasteiger partial charge in [-0.25, -0.2) is 0 Å². The average Bonchev–Trinajstić information content (AvgIpc) is 2.93. The largest absolute Gasteiger partial charge is 0.497 e. The third-order valence-electron chi connectivity index (χ3n) is 2.68. The molecule has 1 aromatic carbocycles. The first-order chi connectivity index (χ1) is 9.76. The van der Waals surface area contributed by atoms with Crippen molar-refractivity contribution in [1.29, 1.82) is 0 Å². The van der Waals surface area contributed by atoms with E-state index in [0.717, 1.165) is 19.1 Å². The van der Waals surface area contributed by atoms with Gasteiger partial charge in [-0.05, 0) is 18.6 Å². The van der Waals surface area contributed by atoms with Crippen LogP contribution in [0.5, 0.6) is 11.5 Å². The molecule has 0 atom stereocenters. The lowest BCUT2D eigenvalue weighted by Gasteiger charge is -2.08. The van der Waals surface area contributed by atoms with Gasteiger partial charge in [0.05, 0.1) is 12.7 Å². The highest BCUT2D eigenvalue weighted by molar-refractivity contribution is 5.79. The summed E-state index contributed by atoms with van der Waals surface area (Å²) in [4.78, 5) is 15.1. The molecule has 0 spiro atoms. The standard InChI is InChI=1S/C14H16N2O4/c1-3-4-14-15-13(16-20-14)9-19-12-7-11(18-2)6-5-10(12)8-17/h5-8H,3-4,9H2,1-2H3. The molecule has 0 bridgehead atoms. The molecule has 106 valence electrons. The summed E-state index contributed by atoms with van der Waals surface area (Å²) in [5, 5.41) is 3.82. The molecule has 0 aliphatic heterocycles. The molecule has 0 unspecified atom stereocenters. The van der Waals surface area contributed by atoms with Gasteiger partial charge in [0, 0.05) is 12.5 Å². The molecule has 1 heterocycles. The summed E-state index contributed by atoms with van der Waals surface area (Å²) < 4.78 is 15.7. The van der Waals surface area contributed by atoms with Gasteiger partial charge in [0.15, 0.2) is 12.9 Å². The quantitative estimate of drug-likeness (QED) is 0.723. The van der Waals surface area contributed by atoms with Crippen LogP contribution in [0.4, 0.5) is 0 Å². The van der Waals surface area contributed by atoms with Crippen molar-refractivity contribution in [2.24, 2.45) is 0 Å². The van der Waals surface area contributed by atoms with Crippen LogP contribution in [0.25, 0.3) is 0 Å². The third kappa shape index (κ3) is 3.34. The zero-order valence-electron chi connectivity index (χ0n) is 11.5.